The van der Waals surface area contributed by atoms with Crippen molar-refractivity contribution in [1.82, 2.24) is 5.32 Å². The average Bonchev–Trinajstić information content (AvgIpc) is 2.20. The number of ether oxygens (including phenoxy) is 1. The predicted molar refractivity (Wildman–Crippen MR) is 66.2 cm³/mol. The summed E-state index contributed by atoms with van der Waals surface area (Å²) in [4.78, 5) is 11.4. The smallest absolute Gasteiger partial charge is 0.220 e. The highest BCUT2D eigenvalue weighted by Gasteiger charge is 2.07. The van der Waals surface area contributed by atoms with Crippen LogP contribution >= 0.6 is 0 Å². The Kier molecular flexibility index (Phi) is 9.24. The average molecular weight is 230 g/mol. The Morgan fingerprint density at radius 2 is 2.12 bits per heavy atom. The molecule has 0 aromatic heterocycles. The van der Waals surface area contributed by atoms with Crippen molar-refractivity contribution in [1.29, 1.82) is 0 Å². The molecule has 1 atom stereocenters. The highest BCUT2D eigenvalue weighted by molar-refractivity contribution is 5.75. The molecule has 0 radical (unpaired) electrons. The number of carbonyl (C=O) groups excluding carboxylic acids is 1. The van der Waals surface area contributed by atoms with E-state index in [1.54, 1.807) is 0 Å². The van der Waals surface area contributed by atoms with E-state index in [-0.39, 0.29) is 11.9 Å². The SMILES string of the molecule is CCOCCCC(=O)NCC(N)CC(C)C. The summed E-state index contributed by atoms with van der Waals surface area (Å²) in [5.41, 5.74) is 5.86. The van der Waals surface area contributed by atoms with Crippen LogP contribution in [0.3, 0.4) is 0 Å². The lowest BCUT2D eigenvalue weighted by molar-refractivity contribution is -0.121. The van der Waals surface area contributed by atoms with Gasteiger partial charge in [-0.3, -0.25) is 4.79 Å². The van der Waals surface area contributed by atoms with E-state index in [1.807, 2.05) is 6.92 Å². The van der Waals surface area contributed by atoms with Crippen LogP contribution in [0.15, 0.2) is 0 Å². The van der Waals surface area contributed by atoms with Crippen LogP contribution < -0.4 is 11.1 Å². The van der Waals surface area contributed by atoms with Crippen molar-refractivity contribution < 1.29 is 9.53 Å². The van der Waals surface area contributed by atoms with Crippen molar-refractivity contribution in [2.45, 2.75) is 46.1 Å². The van der Waals surface area contributed by atoms with Gasteiger partial charge in [0.25, 0.3) is 0 Å². The zero-order chi connectivity index (χ0) is 12.4. The topological polar surface area (TPSA) is 64.3 Å². The minimum Gasteiger partial charge on any atom is -0.382 e. The Bertz CT molecular complexity index is 184. The van der Waals surface area contributed by atoms with Gasteiger partial charge in [0.05, 0.1) is 0 Å². The maximum atomic E-state index is 11.4. The molecular formula is C12H26N2O2. The molecule has 3 N–H and O–H groups in total. The fourth-order valence-corrected chi connectivity index (χ4v) is 1.50. The van der Waals surface area contributed by atoms with Gasteiger partial charge in [-0.25, -0.2) is 0 Å². The zero-order valence-corrected chi connectivity index (χ0v) is 10.8. The molecule has 1 unspecified atom stereocenters. The summed E-state index contributed by atoms with van der Waals surface area (Å²) in [5, 5.41) is 2.85. The molecule has 16 heavy (non-hydrogen) atoms. The van der Waals surface area contributed by atoms with E-state index in [0.29, 0.717) is 32.1 Å². The van der Waals surface area contributed by atoms with E-state index in [0.717, 1.165) is 12.8 Å². The molecule has 0 saturated heterocycles. The van der Waals surface area contributed by atoms with Gasteiger partial charge in [0.2, 0.25) is 5.91 Å². The van der Waals surface area contributed by atoms with E-state index in [4.69, 9.17) is 10.5 Å². The molecule has 4 nitrogen and oxygen atoms in total. The summed E-state index contributed by atoms with van der Waals surface area (Å²) in [6, 6.07) is 0.0656. The van der Waals surface area contributed by atoms with Crippen molar-refractivity contribution in [3.05, 3.63) is 0 Å². The highest BCUT2D eigenvalue weighted by atomic mass is 16.5. The van der Waals surface area contributed by atoms with Gasteiger partial charge in [-0.1, -0.05) is 13.8 Å². The van der Waals surface area contributed by atoms with Crippen molar-refractivity contribution in [3.63, 3.8) is 0 Å². The molecule has 0 bridgehead atoms. The van der Waals surface area contributed by atoms with Crippen LogP contribution in [-0.4, -0.2) is 31.7 Å². The van der Waals surface area contributed by atoms with Crippen molar-refractivity contribution in [3.8, 4) is 0 Å². The zero-order valence-electron chi connectivity index (χ0n) is 10.8. The molecule has 0 spiro atoms. The van der Waals surface area contributed by atoms with Crippen LogP contribution in [0.25, 0.3) is 0 Å². The largest absolute Gasteiger partial charge is 0.382 e. The maximum Gasteiger partial charge on any atom is 0.220 e. The van der Waals surface area contributed by atoms with Crippen LogP contribution in [0.2, 0.25) is 0 Å². The van der Waals surface area contributed by atoms with Gasteiger partial charge in [-0.05, 0) is 25.7 Å². The van der Waals surface area contributed by atoms with Gasteiger partial charge in [0, 0.05) is 32.2 Å². The van der Waals surface area contributed by atoms with Crippen LogP contribution in [0, 0.1) is 5.92 Å². The second-order valence-electron chi connectivity index (χ2n) is 4.49. The van der Waals surface area contributed by atoms with Crippen LogP contribution in [0.4, 0.5) is 0 Å². The first-order valence-corrected chi connectivity index (χ1v) is 6.16. The summed E-state index contributed by atoms with van der Waals surface area (Å²) in [5.74, 6) is 0.642. The minimum absolute atomic E-state index is 0.0656. The fourth-order valence-electron chi connectivity index (χ4n) is 1.50. The summed E-state index contributed by atoms with van der Waals surface area (Å²) in [6.07, 6.45) is 2.24. The third-order valence-electron chi connectivity index (χ3n) is 2.23. The predicted octanol–water partition coefficient (Wildman–Crippen LogP) is 1.29. The molecule has 96 valence electrons. The Morgan fingerprint density at radius 3 is 2.69 bits per heavy atom. The lowest BCUT2D eigenvalue weighted by Gasteiger charge is -2.14. The molecule has 0 heterocycles. The van der Waals surface area contributed by atoms with Crippen LogP contribution in [0.5, 0.6) is 0 Å². The highest BCUT2D eigenvalue weighted by Crippen LogP contribution is 2.01. The van der Waals surface area contributed by atoms with Crippen molar-refractivity contribution in [2.75, 3.05) is 19.8 Å². The molecule has 0 aliphatic carbocycles. The molecule has 0 aromatic carbocycles. The number of hydrogen-bond donors (Lipinski definition) is 2. The molecule has 4 heteroatoms. The molecule has 0 aliphatic heterocycles. The molecular weight excluding hydrogens is 204 g/mol. The Labute approximate surface area is 98.9 Å². The summed E-state index contributed by atoms with van der Waals surface area (Å²) in [6.45, 7) is 8.15. The number of carbonyl (C=O) groups is 1. The van der Waals surface area contributed by atoms with E-state index >= 15 is 0 Å². The Morgan fingerprint density at radius 1 is 1.44 bits per heavy atom. The molecule has 0 saturated carbocycles. The third-order valence-corrected chi connectivity index (χ3v) is 2.23. The van der Waals surface area contributed by atoms with Gasteiger partial charge in [0.15, 0.2) is 0 Å². The van der Waals surface area contributed by atoms with E-state index in [9.17, 15) is 4.79 Å². The number of nitrogens with one attached hydrogen (secondary N) is 1. The Balaban J connectivity index is 3.42. The number of nitrogens with two attached hydrogens (primary N) is 1. The van der Waals surface area contributed by atoms with E-state index < -0.39 is 0 Å². The molecule has 0 aromatic rings. The van der Waals surface area contributed by atoms with Gasteiger partial charge >= 0.3 is 0 Å². The lowest BCUT2D eigenvalue weighted by Crippen LogP contribution is -2.38. The number of amides is 1. The number of rotatable bonds is 9. The first-order valence-electron chi connectivity index (χ1n) is 6.16. The van der Waals surface area contributed by atoms with Crippen LogP contribution in [0.1, 0.15) is 40.0 Å². The summed E-state index contributed by atoms with van der Waals surface area (Å²) < 4.78 is 5.16. The summed E-state index contributed by atoms with van der Waals surface area (Å²) >= 11 is 0. The molecule has 1 amide bonds. The fraction of sp³-hybridized carbons (Fsp3) is 0.917. The second-order valence-corrected chi connectivity index (χ2v) is 4.49. The van der Waals surface area contributed by atoms with Crippen molar-refractivity contribution >= 4 is 5.91 Å². The van der Waals surface area contributed by atoms with E-state index in [1.165, 1.54) is 0 Å². The second kappa shape index (κ2) is 9.60. The number of hydrogen-bond acceptors (Lipinski definition) is 3. The molecule has 0 rings (SSSR count). The summed E-state index contributed by atoms with van der Waals surface area (Å²) in [7, 11) is 0. The maximum absolute atomic E-state index is 11.4. The first-order chi connectivity index (χ1) is 7.56. The van der Waals surface area contributed by atoms with Gasteiger partial charge in [-0.2, -0.15) is 0 Å². The van der Waals surface area contributed by atoms with E-state index in [2.05, 4.69) is 19.2 Å². The first kappa shape index (κ1) is 15.4. The lowest BCUT2D eigenvalue weighted by atomic mass is 10.0. The minimum atomic E-state index is 0.0656. The molecule has 0 aliphatic rings. The van der Waals surface area contributed by atoms with Crippen molar-refractivity contribution in [2.24, 2.45) is 11.7 Å². The van der Waals surface area contributed by atoms with Gasteiger partial charge in [-0.15, -0.1) is 0 Å². The van der Waals surface area contributed by atoms with Crippen LogP contribution in [-0.2, 0) is 9.53 Å². The van der Waals surface area contributed by atoms with Gasteiger partial charge < -0.3 is 15.8 Å². The monoisotopic (exact) mass is 230 g/mol. The standard InChI is InChI=1S/C12H26N2O2/c1-4-16-7-5-6-12(15)14-9-11(13)8-10(2)3/h10-11H,4-9,13H2,1-3H3,(H,14,15). The Hall–Kier alpha value is -0.610. The quantitative estimate of drug-likeness (QED) is 0.587. The van der Waals surface area contributed by atoms with Gasteiger partial charge in [0.1, 0.15) is 0 Å². The normalized spacial score (nSPS) is 12.8. The third kappa shape index (κ3) is 9.93. The molecule has 0 fully saturated rings.